The number of rotatable bonds is 4. The van der Waals surface area contributed by atoms with E-state index in [0.29, 0.717) is 17.7 Å². The van der Waals surface area contributed by atoms with Crippen molar-refractivity contribution in [1.82, 2.24) is 10.2 Å². The first-order valence-corrected chi connectivity index (χ1v) is 6.84. The number of H-pyrrole nitrogens is 2. The summed E-state index contributed by atoms with van der Waals surface area (Å²) < 4.78 is 38.2. The van der Waals surface area contributed by atoms with E-state index in [9.17, 15) is 18.0 Å². The molecule has 0 spiro atoms. The number of alkyl halides is 3. The van der Waals surface area contributed by atoms with Gasteiger partial charge >= 0.3 is 6.18 Å². The molecule has 0 amide bonds. The average Bonchev–Trinajstić information content (AvgIpc) is 2.73. The third kappa shape index (κ3) is 3.50. The molecule has 7 heteroatoms. The highest BCUT2D eigenvalue weighted by molar-refractivity contribution is 6.31. The lowest BCUT2D eigenvalue weighted by molar-refractivity contribution is -0.137. The first-order chi connectivity index (χ1) is 9.82. The summed E-state index contributed by atoms with van der Waals surface area (Å²) in [5, 5.41) is 5.43. The highest BCUT2D eigenvalue weighted by atomic mass is 35.5. The zero-order valence-corrected chi connectivity index (χ0v) is 12.0. The fraction of sp³-hybridized carbons (Fsp3) is 0.357. The van der Waals surface area contributed by atoms with Crippen LogP contribution < -0.4 is 5.56 Å². The Morgan fingerprint density at radius 2 is 1.95 bits per heavy atom. The molecule has 2 aromatic rings. The van der Waals surface area contributed by atoms with Crippen LogP contribution in [0.25, 0.3) is 0 Å². The van der Waals surface area contributed by atoms with Gasteiger partial charge in [-0.15, -0.1) is 0 Å². The highest BCUT2D eigenvalue weighted by Gasteiger charge is 2.31. The van der Waals surface area contributed by atoms with E-state index in [1.165, 1.54) is 6.07 Å². The van der Waals surface area contributed by atoms with Crippen molar-refractivity contribution in [3.8, 4) is 0 Å². The summed E-state index contributed by atoms with van der Waals surface area (Å²) in [6.45, 7) is 1.95. The van der Waals surface area contributed by atoms with Crippen molar-refractivity contribution in [3.05, 3.63) is 56.0 Å². The molecule has 1 heterocycles. The number of benzene rings is 1. The van der Waals surface area contributed by atoms with Gasteiger partial charge in [-0.3, -0.25) is 9.89 Å². The van der Waals surface area contributed by atoms with Crippen LogP contribution in [0.2, 0.25) is 5.02 Å². The number of aromatic nitrogens is 2. The smallest absolute Gasteiger partial charge is 0.302 e. The molecular formula is C14H14ClF3N2O. The molecule has 0 aliphatic heterocycles. The van der Waals surface area contributed by atoms with Crippen LogP contribution in [0.15, 0.2) is 23.0 Å². The van der Waals surface area contributed by atoms with Gasteiger partial charge < -0.3 is 5.10 Å². The molecule has 0 atom stereocenters. The molecule has 1 aromatic heterocycles. The van der Waals surface area contributed by atoms with Crippen LogP contribution in [-0.2, 0) is 19.0 Å². The minimum Gasteiger partial charge on any atom is -0.302 e. The number of hydrogen-bond donors (Lipinski definition) is 2. The van der Waals surface area contributed by atoms with Gasteiger partial charge in [-0.05, 0) is 30.2 Å². The van der Waals surface area contributed by atoms with Crippen LogP contribution >= 0.6 is 11.6 Å². The first kappa shape index (κ1) is 15.7. The molecule has 0 saturated heterocycles. The van der Waals surface area contributed by atoms with E-state index in [1.807, 2.05) is 6.92 Å². The number of hydrogen-bond acceptors (Lipinski definition) is 1. The monoisotopic (exact) mass is 318 g/mol. The second kappa shape index (κ2) is 5.97. The van der Waals surface area contributed by atoms with Gasteiger partial charge in [0.05, 0.1) is 5.56 Å². The largest absolute Gasteiger partial charge is 0.416 e. The summed E-state index contributed by atoms with van der Waals surface area (Å²) in [5.41, 5.74) is 0.320. The molecule has 0 aliphatic carbocycles. The van der Waals surface area contributed by atoms with Crippen molar-refractivity contribution >= 4 is 11.6 Å². The van der Waals surface area contributed by atoms with E-state index in [2.05, 4.69) is 10.2 Å². The van der Waals surface area contributed by atoms with E-state index in [4.69, 9.17) is 11.6 Å². The van der Waals surface area contributed by atoms with Gasteiger partial charge in [0.25, 0.3) is 5.56 Å². The van der Waals surface area contributed by atoms with E-state index < -0.39 is 11.7 Å². The molecule has 2 rings (SSSR count). The zero-order valence-electron chi connectivity index (χ0n) is 11.3. The normalized spacial score (nSPS) is 11.9. The van der Waals surface area contributed by atoms with Crippen molar-refractivity contribution in [2.75, 3.05) is 0 Å². The number of nitrogens with one attached hydrogen (secondary N) is 2. The Labute approximate surface area is 124 Å². The van der Waals surface area contributed by atoms with Crippen LogP contribution in [0.4, 0.5) is 13.2 Å². The van der Waals surface area contributed by atoms with Gasteiger partial charge in [0.15, 0.2) is 0 Å². The molecule has 1 aromatic carbocycles. The Balaban J connectivity index is 2.40. The molecule has 0 fully saturated rings. The Hall–Kier alpha value is -1.69. The van der Waals surface area contributed by atoms with Gasteiger partial charge in [0.2, 0.25) is 0 Å². The third-order valence-electron chi connectivity index (χ3n) is 3.21. The minimum atomic E-state index is -4.43. The van der Waals surface area contributed by atoms with Gasteiger partial charge in [0.1, 0.15) is 0 Å². The summed E-state index contributed by atoms with van der Waals surface area (Å²) in [6.07, 6.45) is -2.91. The number of aromatic amines is 2. The van der Waals surface area contributed by atoms with Gasteiger partial charge in [0, 0.05) is 22.7 Å². The van der Waals surface area contributed by atoms with Crippen LogP contribution in [0.5, 0.6) is 0 Å². The van der Waals surface area contributed by atoms with E-state index >= 15 is 0 Å². The zero-order chi connectivity index (χ0) is 15.6. The maximum absolute atomic E-state index is 12.7. The Morgan fingerprint density at radius 3 is 2.57 bits per heavy atom. The van der Waals surface area contributed by atoms with Crippen LogP contribution in [0.1, 0.15) is 35.7 Å². The summed E-state index contributed by atoms with van der Waals surface area (Å²) in [7, 11) is 0. The molecule has 0 radical (unpaired) electrons. The van der Waals surface area contributed by atoms with Crippen molar-refractivity contribution in [1.29, 1.82) is 0 Å². The second-order valence-electron chi connectivity index (χ2n) is 4.77. The van der Waals surface area contributed by atoms with Crippen molar-refractivity contribution in [2.24, 2.45) is 0 Å². The van der Waals surface area contributed by atoms with Crippen molar-refractivity contribution in [3.63, 3.8) is 0 Å². The molecular weight excluding hydrogens is 305 g/mol. The van der Waals surface area contributed by atoms with Gasteiger partial charge in [-0.1, -0.05) is 24.9 Å². The Morgan fingerprint density at radius 1 is 1.24 bits per heavy atom. The van der Waals surface area contributed by atoms with E-state index in [0.717, 1.165) is 18.6 Å². The van der Waals surface area contributed by atoms with Gasteiger partial charge in [-0.2, -0.15) is 13.2 Å². The summed E-state index contributed by atoms with van der Waals surface area (Å²) in [5.74, 6) is 0. The van der Waals surface area contributed by atoms with Gasteiger partial charge in [-0.25, -0.2) is 0 Å². The Kier molecular flexibility index (Phi) is 4.46. The molecule has 2 N–H and O–H groups in total. The Bertz CT molecular complexity index is 688. The molecule has 114 valence electrons. The highest BCUT2D eigenvalue weighted by Crippen LogP contribution is 2.32. The number of aryl methyl sites for hydroxylation is 1. The van der Waals surface area contributed by atoms with E-state index in [1.54, 1.807) is 0 Å². The molecule has 0 unspecified atom stereocenters. The molecule has 0 aliphatic rings. The lowest BCUT2D eigenvalue weighted by Crippen LogP contribution is -2.10. The summed E-state index contributed by atoms with van der Waals surface area (Å²) in [4.78, 5) is 11.8. The average molecular weight is 319 g/mol. The fourth-order valence-electron chi connectivity index (χ4n) is 2.15. The second-order valence-corrected chi connectivity index (χ2v) is 5.17. The summed E-state index contributed by atoms with van der Waals surface area (Å²) >= 11 is 5.96. The van der Waals surface area contributed by atoms with Crippen LogP contribution in [0.3, 0.4) is 0 Å². The number of halogens is 4. The first-order valence-electron chi connectivity index (χ1n) is 6.47. The lowest BCUT2D eigenvalue weighted by Gasteiger charge is -2.10. The predicted molar refractivity (Wildman–Crippen MR) is 74.7 cm³/mol. The predicted octanol–water partition coefficient (Wildman–Crippen LogP) is 3.92. The molecule has 0 bridgehead atoms. The van der Waals surface area contributed by atoms with Crippen LogP contribution in [-0.4, -0.2) is 10.2 Å². The SMILES string of the molecule is CCCc1[nH][nH]c(=O)c1Cc1cc(C(F)(F)F)ccc1Cl. The molecule has 0 saturated carbocycles. The summed E-state index contributed by atoms with van der Waals surface area (Å²) in [6, 6.07) is 3.13. The topological polar surface area (TPSA) is 48.6 Å². The molecule has 3 nitrogen and oxygen atoms in total. The lowest BCUT2D eigenvalue weighted by atomic mass is 10.0. The third-order valence-corrected chi connectivity index (χ3v) is 3.57. The fourth-order valence-corrected chi connectivity index (χ4v) is 2.33. The maximum Gasteiger partial charge on any atom is 0.416 e. The van der Waals surface area contributed by atoms with Crippen molar-refractivity contribution in [2.45, 2.75) is 32.4 Å². The van der Waals surface area contributed by atoms with E-state index in [-0.39, 0.29) is 22.6 Å². The molecule has 21 heavy (non-hydrogen) atoms. The standard InChI is InChI=1S/C14H14ClF3N2O/c1-2-3-12-10(13(21)20-19-12)7-8-6-9(14(16,17)18)4-5-11(8)15/h4-6H,2-3,7H2,1H3,(H2,19,20,21). The minimum absolute atomic E-state index is 0.0664. The van der Waals surface area contributed by atoms with Crippen LogP contribution in [0, 0.1) is 0 Å². The maximum atomic E-state index is 12.7. The quantitative estimate of drug-likeness (QED) is 0.882. The van der Waals surface area contributed by atoms with Crippen molar-refractivity contribution < 1.29 is 13.2 Å².